The van der Waals surface area contributed by atoms with E-state index >= 15 is 0 Å². The lowest BCUT2D eigenvalue weighted by atomic mass is 10.2. The first kappa shape index (κ1) is 13.9. The van der Waals surface area contributed by atoms with Crippen LogP contribution in [-0.4, -0.2) is 21.2 Å². The minimum absolute atomic E-state index is 0.115. The van der Waals surface area contributed by atoms with E-state index in [1.54, 1.807) is 6.20 Å². The smallest absolute Gasteiger partial charge is 0.161 e. The fourth-order valence-electron chi connectivity index (χ4n) is 1.59. The Hall–Kier alpha value is -1.16. The molecule has 0 aromatic carbocycles. The molecule has 1 unspecified atom stereocenters. The van der Waals surface area contributed by atoms with Gasteiger partial charge in [-0.3, -0.25) is 0 Å². The molecule has 4 heteroatoms. The van der Waals surface area contributed by atoms with Crippen LogP contribution >= 0.6 is 0 Å². The minimum atomic E-state index is -0.115. The molecule has 0 fully saturated rings. The Morgan fingerprint density at radius 2 is 2.06 bits per heavy atom. The van der Waals surface area contributed by atoms with Gasteiger partial charge >= 0.3 is 0 Å². The van der Waals surface area contributed by atoms with Gasteiger partial charge in [-0.2, -0.15) is 0 Å². The lowest BCUT2D eigenvalue weighted by Gasteiger charge is -2.16. The van der Waals surface area contributed by atoms with Crippen LogP contribution in [0.3, 0.4) is 0 Å². The first-order chi connectivity index (χ1) is 8.08. The van der Waals surface area contributed by atoms with Crippen LogP contribution in [0.15, 0.2) is 6.20 Å². The molecule has 0 aliphatic heterocycles. The molecule has 1 heterocycles. The summed E-state index contributed by atoms with van der Waals surface area (Å²) in [6, 6.07) is 0. The number of hydrogen-bond acceptors (Lipinski definition) is 4. The highest BCUT2D eigenvalue weighted by atomic mass is 16.5. The zero-order valence-corrected chi connectivity index (χ0v) is 11.1. The number of aromatic nitrogens is 2. The van der Waals surface area contributed by atoms with E-state index in [0.29, 0.717) is 11.4 Å². The molecule has 0 aliphatic carbocycles. The Kier molecular flexibility index (Phi) is 5.35. The number of aliphatic hydroxyl groups is 1. The molecular formula is C13H22N2O2. The summed E-state index contributed by atoms with van der Waals surface area (Å²) in [6.07, 6.45) is 3.84. The Morgan fingerprint density at radius 3 is 2.59 bits per heavy atom. The van der Waals surface area contributed by atoms with Crippen molar-refractivity contribution in [2.75, 3.05) is 0 Å². The quantitative estimate of drug-likeness (QED) is 0.827. The molecular weight excluding hydrogens is 216 g/mol. The first-order valence-electron chi connectivity index (χ1n) is 6.21. The molecule has 0 radical (unpaired) electrons. The summed E-state index contributed by atoms with van der Waals surface area (Å²) in [5.41, 5.74) is 0.576. The average Bonchev–Trinajstić information content (AvgIpc) is 2.29. The van der Waals surface area contributed by atoms with Gasteiger partial charge < -0.3 is 9.84 Å². The van der Waals surface area contributed by atoms with Crippen LogP contribution < -0.4 is 4.74 Å². The average molecular weight is 238 g/mol. The Labute approximate surface area is 103 Å². The van der Waals surface area contributed by atoms with Gasteiger partial charge in [-0.1, -0.05) is 27.2 Å². The van der Waals surface area contributed by atoms with Gasteiger partial charge in [0.25, 0.3) is 0 Å². The van der Waals surface area contributed by atoms with E-state index < -0.39 is 0 Å². The van der Waals surface area contributed by atoms with E-state index in [9.17, 15) is 5.11 Å². The summed E-state index contributed by atoms with van der Waals surface area (Å²) in [5, 5.41) is 9.30. The standard InChI is InChI=1S/C13H22N2O2/c1-5-6-10(4)17-12-7-14-13(9(2)3)15-11(12)8-16/h7,9-10,16H,5-6,8H2,1-4H3. The first-order valence-corrected chi connectivity index (χ1v) is 6.21. The number of rotatable bonds is 6. The molecule has 1 rings (SSSR count). The van der Waals surface area contributed by atoms with Gasteiger partial charge in [0.05, 0.1) is 18.9 Å². The third-order valence-corrected chi connectivity index (χ3v) is 2.54. The van der Waals surface area contributed by atoms with Gasteiger partial charge in [-0.25, -0.2) is 9.97 Å². The van der Waals surface area contributed by atoms with Crippen LogP contribution in [0.2, 0.25) is 0 Å². The summed E-state index contributed by atoms with van der Waals surface area (Å²) in [5.74, 6) is 1.59. The van der Waals surface area contributed by atoms with Crippen LogP contribution in [0.5, 0.6) is 5.75 Å². The molecule has 96 valence electrons. The van der Waals surface area contributed by atoms with Gasteiger partial charge in [0.2, 0.25) is 0 Å². The van der Waals surface area contributed by atoms with Crippen LogP contribution in [0.1, 0.15) is 58.0 Å². The topological polar surface area (TPSA) is 55.2 Å². The molecule has 1 aromatic heterocycles. The lowest BCUT2D eigenvalue weighted by molar-refractivity contribution is 0.196. The fourth-order valence-corrected chi connectivity index (χ4v) is 1.59. The number of aliphatic hydroxyl groups excluding tert-OH is 1. The maximum absolute atomic E-state index is 9.30. The van der Waals surface area contributed by atoms with Crippen LogP contribution in [0.25, 0.3) is 0 Å². The molecule has 0 aliphatic rings. The van der Waals surface area contributed by atoms with Gasteiger partial charge in [-0.05, 0) is 13.3 Å². The maximum Gasteiger partial charge on any atom is 0.161 e. The van der Waals surface area contributed by atoms with Gasteiger partial charge in [0.15, 0.2) is 5.75 Å². The second-order valence-corrected chi connectivity index (χ2v) is 4.57. The number of nitrogens with zero attached hydrogens (tertiary/aromatic N) is 2. The van der Waals surface area contributed by atoms with Gasteiger partial charge in [0.1, 0.15) is 11.5 Å². The SMILES string of the molecule is CCCC(C)Oc1cnc(C(C)C)nc1CO. The van der Waals surface area contributed by atoms with Crippen molar-refractivity contribution in [2.24, 2.45) is 0 Å². The minimum Gasteiger partial charge on any atom is -0.487 e. The third kappa shape index (κ3) is 3.97. The number of hydrogen-bond donors (Lipinski definition) is 1. The van der Waals surface area contributed by atoms with Crippen molar-refractivity contribution in [1.29, 1.82) is 0 Å². The van der Waals surface area contributed by atoms with Crippen molar-refractivity contribution in [3.05, 3.63) is 17.7 Å². The normalized spacial score (nSPS) is 12.8. The predicted octanol–water partition coefficient (Wildman–Crippen LogP) is 2.66. The van der Waals surface area contributed by atoms with Crippen LogP contribution in [0.4, 0.5) is 0 Å². The van der Waals surface area contributed by atoms with Crippen molar-refractivity contribution in [3.8, 4) is 5.75 Å². The second kappa shape index (κ2) is 6.55. The van der Waals surface area contributed by atoms with Crippen molar-refractivity contribution in [1.82, 2.24) is 9.97 Å². The Morgan fingerprint density at radius 1 is 1.35 bits per heavy atom. The van der Waals surface area contributed by atoms with Crippen molar-refractivity contribution in [3.63, 3.8) is 0 Å². The van der Waals surface area contributed by atoms with Crippen LogP contribution in [-0.2, 0) is 6.61 Å². The summed E-state index contributed by atoms with van der Waals surface area (Å²) < 4.78 is 5.73. The Bertz CT molecular complexity index is 353. The van der Waals surface area contributed by atoms with E-state index in [1.807, 2.05) is 20.8 Å². The highest BCUT2D eigenvalue weighted by Gasteiger charge is 2.12. The van der Waals surface area contributed by atoms with Crippen molar-refractivity contribution in [2.45, 2.75) is 59.2 Å². The van der Waals surface area contributed by atoms with E-state index in [1.165, 1.54) is 0 Å². The van der Waals surface area contributed by atoms with Crippen molar-refractivity contribution < 1.29 is 9.84 Å². The summed E-state index contributed by atoms with van der Waals surface area (Å²) >= 11 is 0. The molecule has 0 amide bonds. The highest BCUT2D eigenvalue weighted by molar-refractivity contribution is 5.25. The summed E-state index contributed by atoms with van der Waals surface area (Å²) in [7, 11) is 0. The highest BCUT2D eigenvalue weighted by Crippen LogP contribution is 2.20. The summed E-state index contributed by atoms with van der Waals surface area (Å²) in [6.45, 7) is 8.07. The maximum atomic E-state index is 9.30. The monoisotopic (exact) mass is 238 g/mol. The third-order valence-electron chi connectivity index (χ3n) is 2.54. The van der Waals surface area contributed by atoms with E-state index in [-0.39, 0.29) is 18.6 Å². The van der Waals surface area contributed by atoms with E-state index in [0.717, 1.165) is 18.7 Å². The van der Waals surface area contributed by atoms with Crippen LogP contribution in [0, 0.1) is 0 Å². The zero-order valence-electron chi connectivity index (χ0n) is 11.1. The zero-order chi connectivity index (χ0) is 12.8. The number of ether oxygens (including phenoxy) is 1. The van der Waals surface area contributed by atoms with E-state index in [4.69, 9.17) is 4.74 Å². The Balaban J connectivity index is 2.85. The fraction of sp³-hybridized carbons (Fsp3) is 0.692. The molecule has 4 nitrogen and oxygen atoms in total. The molecule has 0 saturated carbocycles. The van der Waals surface area contributed by atoms with Gasteiger partial charge in [-0.15, -0.1) is 0 Å². The molecule has 1 N–H and O–H groups in total. The molecule has 1 aromatic rings. The molecule has 1 atom stereocenters. The second-order valence-electron chi connectivity index (χ2n) is 4.57. The molecule has 17 heavy (non-hydrogen) atoms. The predicted molar refractivity (Wildman–Crippen MR) is 67.0 cm³/mol. The largest absolute Gasteiger partial charge is 0.487 e. The van der Waals surface area contributed by atoms with Gasteiger partial charge in [0, 0.05) is 5.92 Å². The molecule has 0 saturated heterocycles. The van der Waals surface area contributed by atoms with Crippen molar-refractivity contribution >= 4 is 0 Å². The molecule has 0 spiro atoms. The summed E-state index contributed by atoms with van der Waals surface area (Å²) in [4.78, 5) is 8.57. The molecule has 0 bridgehead atoms. The van der Waals surface area contributed by atoms with E-state index in [2.05, 4.69) is 16.9 Å². The lowest BCUT2D eigenvalue weighted by Crippen LogP contribution is -2.14.